The van der Waals surface area contributed by atoms with Gasteiger partial charge in [0.05, 0.1) is 25.0 Å². The highest BCUT2D eigenvalue weighted by molar-refractivity contribution is 5.75. The highest BCUT2D eigenvalue weighted by Gasteiger charge is 2.18. The van der Waals surface area contributed by atoms with Crippen molar-refractivity contribution in [2.45, 2.75) is 26.3 Å². The predicted molar refractivity (Wildman–Crippen MR) is 69.6 cm³/mol. The molecule has 0 bridgehead atoms. The number of nitrogens with zero attached hydrogens (tertiary/aromatic N) is 1. The minimum atomic E-state index is -0.875. The molecule has 1 rings (SSSR count). The van der Waals surface area contributed by atoms with E-state index in [-0.39, 0.29) is 12.6 Å². The fraction of sp³-hybridized carbons (Fsp3) is 0.538. The lowest BCUT2D eigenvalue weighted by molar-refractivity contribution is -0.141. The fourth-order valence-electron chi connectivity index (χ4n) is 1.74. The maximum absolute atomic E-state index is 11.8. The van der Waals surface area contributed by atoms with Crippen LogP contribution < -0.4 is 5.32 Å². The minimum Gasteiger partial charge on any atom is -0.481 e. The molecule has 0 spiro atoms. The van der Waals surface area contributed by atoms with Crippen molar-refractivity contribution in [1.82, 2.24) is 10.2 Å². The van der Waals surface area contributed by atoms with Crippen molar-refractivity contribution in [3.63, 3.8) is 0 Å². The summed E-state index contributed by atoms with van der Waals surface area (Å²) >= 11 is 0. The first-order valence-electron chi connectivity index (χ1n) is 6.27. The summed E-state index contributed by atoms with van der Waals surface area (Å²) in [6, 6.07) is 1.49. The van der Waals surface area contributed by atoms with Crippen LogP contribution in [0.3, 0.4) is 0 Å². The molecule has 2 N–H and O–H groups in total. The lowest BCUT2D eigenvalue weighted by Gasteiger charge is -2.19. The van der Waals surface area contributed by atoms with Gasteiger partial charge in [0.1, 0.15) is 0 Å². The smallest absolute Gasteiger partial charge is 0.317 e. The van der Waals surface area contributed by atoms with Crippen LogP contribution in [0.2, 0.25) is 0 Å². The zero-order chi connectivity index (χ0) is 14.3. The van der Waals surface area contributed by atoms with Crippen molar-refractivity contribution < 1.29 is 19.1 Å². The second-order valence-electron chi connectivity index (χ2n) is 4.50. The number of urea groups is 1. The monoisotopic (exact) mass is 268 g/mol. The Balaban J connectivity index is 2.39. The molecule has 0 fully saturated rings. The van der Waals surface area contributed by atoms with Crippen molar-refractivity contribution in [2.24, 2.45) is 5.92 Å². The highest BCUT2D eigenvalue weighted by Crippen LogP contribution is 2.06. The summed E-state index contributed by atoms with van der Waals surface area (Å²) < 4.78 is 4.92. The van der Waals surface area contributed by atoms with Crippen molar-refractivity contribution in [3.8, 4) is 0 Å². The Morgan fingerprint density at radius 2 is 2.26 bits per heavy atom. The molecular weight excluding hydrogens is 248 g/mol. The van der Waals surface area contributed by atoms with Gasteiger partial charge in [-0.25, -0.2) is 4.79 Å². The zero-order valence-corrected chi connectivity index (χ0v) is 11.3. The summed E-state index contributed by atoms with van der Waals surface area (Å²) in [5, 5.41) is 11.6. The Hall–Kier alpha value is -1.98. The van der Waals surface area contributed by atoms with Crippen LogP contribution in [0, 0.1) is 5.92 Å². The molecule has 0 aromatic carbocycles. The topological polar surface area (TPSA) is 82.8 Å². The van der Waals surface area contributed by atoms with Gasteiger partial charge in [-0.1, -0.05) is 13.3 Å². The highest BCUT2D eigenvalue weighted by atomic mass is 16.4. The van der Waals surface area contributed by atoms with E-state index >= 15 is 0 Å². The number of carboxylic acid groups (broad SMARTS) is 1. The molecule has 1 aromatic rings. The summed E-state index contributed by atoms with van der Waals surface area (Å²) in [6.45, 7) is 2.49. The first kappa shape index (κ1) is 15.1. The van der Waals surface area contributed by atoms with E-state index in [1.807, 2.05) is 6.92 Å². The van der Waals surface area contributed by atoms with E-state index in [0.29, 0.717) is 13.0 Å². The normalized spacial score (nSPS) is 11.9. The molecule has 106 valence electrons. The van der Waals surface area contributed by atoms with Crippen LogP contribution in [0.1, 0.15) is 25.3 Å². The second kappa shape index (κ2) is 7.45. The molecule has 0 radical (unpaired) electrons. The summed E-state index contributed by atoms with van der Waals surface area (Å²) in [7, 11) is 1.65. The second-order valence-corrected chi connectivity index (χ2v) is 4.50. The van der Waals surface area contributed by atoms with E-state index in [9.17, 15) is 9.59 Å². The third-order valence-electron chi connectivity index (χ3n) is 2.83. The lowest BCUT2D eigenvalue weighted by Crippen LogP contribution is -2.40. The Labute approximate surface area is 112 Å². The number of hydrogen-bond donors (Lipinski definition) is 2. The quantitative estimate of drug-likeness (QED) is 0.791. The van der Waals surface area contributed by atoms with Gasteiger partial charge in [0.15, 0.2) is 0 Å². The van der Waals surface area contributed by atoms with E-state index in [2.05, 4.69) is 5.32 Å². The van der Waals surface area contributed by atoms with Gasteiger partial charge in [-0.05, 0) is 12.5 Å². The molecule has 0 saturated carbocycles. The fourth-order valence-corrected chi connectivity index (χ4v) is 1.74. The van der Waals surface area contributed by atoms with Gasteiger partial charge in [-0.15, -0.1) is 0 Å². The Kier molecular flexibility index (Phi) is 5.92. The molecule has 0 aliphatic carbocycles. The Bertz CT molecular complexity index is 403. The van der Waals surface area contributed by atoms with Crippen LogP contribution in [0.15, 0.2) is 23.0 Å². The summed E-state index contributed by atoms with van der Waals surface area (Å²) in [5.41, 5.74) is 0.890. The summed E-state index contributed by atoms with van der Waals surface area (Å²) in [6.07, 6.45) is 4.45. The maximum Gasteiger partial charge on any atom is 0.317 e. The standard InChI is InChI=1S/C13H20N2O4/c1-3-4-11(12(16)17)7-14-13(18)15(2)8-10-5-6-19-9-10/h5-6,9,11H,3-4,7-8H2,1-2H3,(H,14,18)(H,16,17). The minimum absolute atomic E-state index is 0.151. The van der Waals surface area contributed by atoms with Crippen molar-refractivity contribution >= 4 is 12.0 Å². The third-order valence-corrected chi connectivity index (χ3v) is 2.83. The summed E-state index contributed by atoms with van der Waals surface area (Å²) in [5.74, 6) is -1.41. The van der Waals surface area contributed by atoms with Crippen LogP contribution in [-0.2, 0) is 11.3 Å². The average Bonchev–Trinajstić information content (AvgIpc) is 2.86. The molecular formula is C13H20N2O4. The third kappa shape index (κ3) is 5.03. The molecule has 1 heterocycles. The molecule has 2 amide bonds. The molecule has 1 atom stereocenters. The lowest BCUT2D eigenvalue weighted by atomic mass is 10.0. The molecule has 6 heteroatoms. The van der Waals surface area contributed by atoms with Gasteiger partial charge in [0.25, 0.3) is 0 Å². The van der Waals surface area contributed by atoms with Gasteiger partial charge >= 0.3 is 12.0 Å². The first-order valence-corrected chi connectivity index (χ1v) is 6.27. The van der Waals surface area contributed by atoms with E-state index in [1.165, 1.54) is 4.90 Å². The van der Waals surface area contributed by atoms with Crippen molar-refractivity contribution in [2.75, 3.05) is 13.6 Å². The van der Waals surface area contributed by atoms with Crippen LogP contribution in [-0.4, -0.2) is 35.6 Å². The average molecular weight is 268 g/mol. The zero-order valence-electron chi connectivity index (χ0n) is 11.3. The number of furan rings is 1. The number of hydrogen-bond acceptors (Lipinski definition) is 3. The molecule has 1 aromatic heterocycles. The number of amides is 2. The molecule has 1 unspecified atom stereocenters. The number of carboxylic acids is 1. The Morgan fingerprint density at radius 1 is 1.53 bits per heavy atom. The summed E-state index contributed by atoms with van der Waals surface area (Å²) in [4.78, 5) is 24.2. The predicted octanol–water partition coefficient (Wildman–Crippen LogP) is 1.92. The largest absolute Gasteiger partial charge is 0.481 e. The number of aliphatic carboxylic acids is 1. The number of rotatable bonds is 7. The van der Waals surface area contributed by atoms with Gasteiger partial charge in [-0.3, -0.25) is 4.79 Å². The van der Waals surface area contributed by atoms with Gasteiger partial charge in [-0.2, -0.15) is 0 Å². The molecule has 0 aliphatic heterocycles. The first-order chi connectivity index (χ1) is 9.04. The van der Waals surface area contributed by atoms with E-state index in [4.69, 9.17) is 9.52 Å². The van der Waals surface area contributed by atoms with Gasteiger partial charge < -0.3 is 19.7 Å². The SMILES string of the molecule is CCCC(CNC(=O)N(C)Cc1ccoc1)C(=O)O. The van der Waals surface area contributed by atoms with Crippen molar-refractivity contribution in [1.29, 1.82) is 0 Å². The Morgan fingerprint density at radius 3 is 2.79 bits per heavy atom. The van der Waals surface area contributed by atoms with Gasteiger partial charge in [0.2, 0.25) is 0 Å². The number of nitrogens with one attached hydrogen (secondary N) is 1. The van der Waals surface area contributed by atoms with E-state index in [1.54, 1.807) is 25.6 Å². The van der Waals surface area contributed by atoms with Crippen LogP contribution in [0.5, 0.6) is 0 Å². The van der Waals surface area contributed by atoms with E-state index < -0.39 is 11.9 Å². The van der Waals surface area contributed by atoms with Gasteiger partial charge in [0, 0.05) is 19.2 Å². The van der Waals surface area contributed by atoms with Crippen LogP contribution in [0.25, 0.3) is 0 Å². The number of carbonyl (C=O) groups excluding carboxylic acids is 1. The van der Waals surface area contributed by atoms with Crippen molar-refractivity contribution in [3.05, 3.63) is 24.2 Å². The van der Waals surface area contributed by atoms with Crippen LogP contribution in [0.4, 0.5) is 4.79 Å². The molecule has 6 nitrogen and oxygen atoms in total. The molecule has 19 heavy (non-hydrogen) atoms. The maximum atomic E-state index is 11.8. The van der Waals surface area contributed by atoms with Crippen LogP contribution >= 0.6 is 0 Å². The molecule has 0 saturated heterocycles. The molecule has 0 aliphatic rings. The van der Waals surface area contributed by atoms with E-state index in [0.717, 1.165) is 12.0 Å². The number of carbonyl (C=O) groups is 2.